The summed E-state index contributed by atoms with van der Waals surface area (Å²) >= 11 is 0. The smallest absolute Gasteiger partial charge is 0.163 e. The summed E-state index contributed by atoms with van der Waals surface area (Å²) in [5, 5.41) is 0. The molecule has 0 saturated heterocycles. The molecule has 1 aliphatic rings. The zero-order chi connectivity index (χ0) is 16.1. The second kappa shape index (κ2) is 6.91. The summed E-state index contributed by atoms with van der Waals surface area (Å²) in [5.41, 5.74) is 1.36. The first-order chi connectivity index (χ1) is 11.2. The van der Waals surface area contributed by atoms with Crippen molar-refractivity contribution in [2.45, 2.75) is 38.5 Å². The van der Waals surface area contributed by atoms with Gasteiger partial charge < -0.3 is 0 Å². The lowest BCUT2D eigenvalue weighted by Crippen LogP contribution is -2.25. The van der Waals surface area contributed by atoms with Crippen molar-refractivity contribution in [3.63, 3.8) is 0 Å². The number of ketones is 2. The van der Waals surface area contributed by atoms with Crippen LogP contribution in [0.3, 0.4) is 0 Å². The van der Waals surface area contributed by atoms with Crippen molar-refractivity contribution >= 4 is 11.6 Å². The zero-order valence-corrected chi connectivity index (χ0v) is 13.3. The number of hydrogen-bond donors (Lipinski definition) is 0. The van der Waals surface area contributed by atoms with E-state index in [0.717, 1.165) is 36.8 Å². The Balaban J connectivity index is 1.75. The van der Waals surface area contributed by atoms with E-state index >= 15 is 0 Å². The molecule has 0 radical (unpaired) electrons. The second-order valence-corrected chi connectivity index (χ2v) is 6.64. The molecule has 0 unspecified atom stereocenters. The van der Waals surface area contributed by atoms with Gasteiger partial charge in [0, 0.05) is 24.0 Å². The number of hydrogen-bond acceptors (Lipinski definition) is 2. The van der Waals surface area contributed by atoms with Gasteiger partial charge in [-0.3, -0.25) is 9.59 Å². The van der Waals surface area contributed by atoms with E-state index in [0.29, 0.717) is 12.8 Å². The molecule has 1 saturated carbocycles. The summed E-state index contributed by atoms with van der Waals surface area (Å²) in [4.78, 5) is 25.2. The topological polar surface area (TPSA) is 34.1 Å². The van der Waals surface area contributed by atoms with Gasteiger partial charge in [-0.15, -0.1) is 0 Å². The predicted molar refractivity (Wildman–Crippen MR) is 91.7 cm³/mol. The number of carbonyl (C=O) groups excluding carboxylic acids is 2. The molecule has 118 valence electrons. The molecule has 1 aliphatic carbocycles. The van der Waals surface area contributed by atoms with Gasteiger partial charge >= 0.3 is 0 Å². The molecule has 3 rings (SSSR count). The molecule has 2 aromatic rings. The summed E-state index contributed by atoms with van der Waals surface area (Å²) in [6.45, 7) is 0. The SMILES string of the molecule is O=C(CC1(CC(=O)c2ccccc2)CCCC1)c1ccccc1. The highest BCUT2D eigenvalue weighted by atomic mass is 16.1. The van der Waals surface area contributed by atoms with Crippen LogP contribution in [-0.4, -0.2) is 11.6 Å². The third-order valence-corrected chi connectivity index (χ3v) is 4.93. The van der Waals surface area contributed by atoms with E-state index in [1.165, 1.54) is 0 Å². The van der Waals surface area contributed by atoms with Crippen LogP contribution >= 0.6 is 0 Å². The summed E-state index contributed by atoms with van der Waals surface area (Å²) in [5.74, 6) is 0.321. The van der Waals surface area contributed by atoms with E-state index in [1.807, 2.05) is 60.7 Å². The predicted octanol–water partition coefficient (Wildman–Crippen LogP) is 5.09. The fraction of sp³-hybridized carbons (Fsp3) is 0.333. The molecule has 0 aromatic heterocycles. The van der Waals surface area contributed by atoms with E-state index in [-0.39, 0.29) is 17.0 Å². The third-order valence-electron chi connectivity index (χ3n) is 4.93. The quantitative estimate of drug-likeness (QED) is 0.696. The first-order valence-electron chi connectivity index (χ1n) is 8.35. The molecule has 0 N–H and O–H groups in total. The summed E-state index contributed by atoms with van der Waals surface area (Å²) in [6, 6.07) is 18.9. The number of rotatable bonds is 6. The van der Waals surface area contributed by atoms with Crippen molar-refractivity contribution in [3.05, 3.63) is 71.8 Å². The highest BCUT2D eigenvalue weighted by molar-refractivity contribution is 5.99. The molecule has 0 atom stereocenters. The van der Waals surface area contributed by atoms with Crippen molar-refractivity contribution in [1.82, 2.24) is 0 Å². The van der Waals surface area contributed by atoms with Crippen LogP contribution in [0.2, 0.25) is 0 Å². The average Bonchev–Trinajstić information content (AvgIpc) is 3.04. The van der Waals surface area contributed by atoms with Crippen LogP contribution in [0.25, 0.3) is 0 Å². The van der Waals surface area contributed by atoms with Crippen LogP contribution in [0.1, 0.15) is 59.2 Å². The number of Topliss-reactive ketones (excluding diaryl/α,β-unsaturated/α-hetero) is 2. The molecule has 2 heteroatoms. The van der Waals surface area contributed by atoms with Gasteiger partial charge in [-0.25, -0.2) is 0 Å². The lowest BCUT2D eigenvalue weighted by Gasteiger charge is -2.27. The summed E-state index contributed by atoms with van der Waals surface area (Å²) < 4.78 is 0. The van der Waals surface area contributed by atoms with Crippen molar-refractivity contribution in [3.8, 4) is 0 Å². The maximum atomic E-state index is 12.6. The minimum atomic E-state index is -0.153. The van der Waals surface area contributed by atoms with Crippen LogP contribution in [0.4, 0.5) is 0 Å². The summed E-state index contributed by atoms with van der Waals surface area (Å²) in [6.07, 6.45) is 5.15. The molecular weight excluding hydrogens is 284 g/mol. The second-order valence-electron chi connectivity index (χ2n) is 6.64. The van der Waals surface area contributed by atoms with Gasteiger partial charge in [0.25, 0.3) is 0 Å². The molecule has 2 nitrogen and oxygen atoms in total. The van der Waals surface area contributed by atoms with Crippen LogP contribution in [0, 0.1) is 5.41 Å². The average molecular weight is 306 g/mol. The van der Waals surface area contributed by atoms with Crippen LogP contribution in [-0.2, 0) is 0 Å². The Morgan fingerprint density at radius 1 is 0.696 bits per heavy atom. The number of benzene rings is 2. The van der Waals surface area contributed by atoms with E-state index in [2.05, 4.69) is 0 Å². The molecule has 2 aromatic carbocycles. The van der Waals surface area contributed by atoms with Crippen LogP contribution < -0.4 is 0 Å². The molecule has 0 amide bonds. The van der Waals surface area contributed by atoms with Gasteiger partial charge in [-0.05, 0) is 18.3 Å². The molecule has 1 fully saturated rings. The first-order valence-corrected chi connectivity index (χ1v) is 8.35. The van der Waals surface area contributed by atoms with Gasteiger partial charge in [0.05, 0.1) is 0 Å². The van der Waals surface area contributed by atoms with Crippen LogP contribution in [0.15, 0.2) is 60.7 Å². The van der Waals surface area contributed by atoms with Gasteiger partial charge in [0.15, 0.2) is 11.6 Å². The van der Waals surface area contributed by atoms with Gasteiger partial charge in [-0.2, -0.15) is 0 Å². The van der Waals surface area contributed by atoms with Crippen LogP contribution in [0.5, 0.6) is 0 Å². The standard InChI is InChI=1S/C21H22O2/c22-19(17-9-3-1-4-10-17)15-21(13-7-8-14-21)16-20(23)18-11-5-2-6-12-18/h1-6,9-12H,7-8,13-16H2. The van der Waals surface area contributed by atoms with E-state index < -0.39 is 0 Å². The van der Waals surface area contributed by atoms with Gasteiger partial charge in [0.2, 0.25) is 0 Å². The van der Waals surface area contributed by atoms with Gasteiger partial charge in [0.1, 0.15) is 0 Å². The summed E-state index contributed by atoms with van der Waals surface area (Å²) in [7, 11) is 0. The molecule has 23 heavy (non-hydrogen) atoms. The monoisotopic (exact) mass is 306 g/mol. The maximum Gasteiger partial charge on any atom is 0.163 e. The Kier molecular flexibility index (Phi) is 4.71. The molecule has 0 bridgehead atoms. The largest absolute Gasteiger partial charge is 0.294 e. The van der Waals surface area contributed by atoms with Crippen molar-refractivity contribution < 1.29 is 9.59 Å². The zero-order valence-electron chi connectivity index (χ0n) is 13.3. The lowest BCUT2D eigenvalue weighted by atomic mass is 9.75. The highest BCUT2D eigenvalue weighted by Gasteiger charge is 2.38. The normalized spacial score (nSPS) is 16.2. The fourth-order valence-electron chi connectivity index (χ4n) is 3.67. The van der Waals surface area contributed by atoms with Crippen molar-refractivity contribution in [2.24, 2.45) is 5.41 Å². The number of carbonyl (C=O) groups is 2. The first kappa shape index (κ1) is 15.7. The Morgan fingerprint density at radius 3 is 1.48 bits per heavy atom. The van der Waals surface area contributed by atoms with E-state index in [1.54, 1.807) is 0 Å². The maximum absolute atomic E-state index is 12.6. The minimum absolute atomic E-state index is 0.153. The third kappa shape index (κ3) is 3.76. The highest BCUT2D eigenvalue weighted by Crippen LogP contribution is 2.45. The fourth-order valence-corrected chi connectivity index (χ4v) is 3.67. The van der Waals surface area contributed by atoms with Crippen molar-refractivity contribution in [2.75, 3.05) is 0 Å². The van der Waals surface area contributed by atoms with E-state index in [4.69, 9.17) is 0 Å². The Morgan fingerprint density at radius 2 is 1.09 bits per heavy atom. The van der Waals surface area contributed by atoms with E-state index in [9.17, 15) is 9.59 Å². The lowest BCUT2D eigenvalue weighted by molar-refractivity contribution is 0.0837. The minimum Gasteiger partial charge on any atom is -0.294 e. The Hall–Kier alpha value is -2.22. The Labute approximate surface area is 137 Å². The molecule has 0 heterocycles. The van der Waals surface area contributed by atoms with Gasteiger partial charge in [-0.1, -0.05) is 73.5 Å². The molecular formula is C21H22O2. The molecule has 0 spiro atoms. The molecule has 0 aliphatic heterocycles. The Bertz CT molecular complexity index is 612. The van der Waals surface area contributed by atoms with Crippen molar-refractivity contribution in [1.29, 1.82) is 0 Å².